The Morgan fingerprint density at radius 3 is 2.76 bits per heavy atom. The van der Waals surface area contributed by atoms with Crippen LogP contribution in [0.3, 0.4) is 0 Å². The maximum atomic E-state index is 12.5. The van der Waals surface area contributed by atoms with Gasteiger partial charge in [0.1, 0.15) is 0 Å². The van der Waals surface area contributed by atoms with Gasteiger partial charge in [-0.2, -0.15) is 0 Å². The number of rotatable bonds is 4. The van der Waals surface area contributed by atoms with Crippen LogP contribution in [0.5, 0.6) is 0 Å². The van der Waals surface area contributed by atoms with E-state index < -0.39 is 9.84 Å². The normalized spacial score (nSPS) is 17.0. The largest absolute Gasteiger partial charge is 0.351 e. The zero-order valence-electron chi connectivity index (χ0n) is 14.0. The van der Waals surface area contributed by atoms with Crippen molar-refractivity contribution in [2.45, 2.75) is 30.1 Å². The van der Waals surface area contributed by atoms with E-state index in [0.717, 1.165) is 25.5 Å². The van der Waals surface area contributed by atoms with Gasteiger partial charge >= 0.3 is 0 Å². The number of halogens is 1. The Labute approximate surface area is 153 Å². The highest BCUT2D eigenvalue weighted by Gasteiger charge is 2.21. The molecular formula is C19H20ClNO3S. The number of carbonyl (C=O) groups excluding carboxylic acids is 1. The van der Waals surface area contributed by atoms with Crippen LogP contribution in [-0.2, 0) is 16.3 Å². The van der Waals surface area contributed by atoms with Gasteiger partial charge in [-0.3, -0.25) is 4.79 Å². The Balaban J connectivity index is 1.76. The van der Waals surface area contributed by atoms with Crippen LogP contribution in [0.15, 0.2) is 47.4 Å². The van der Waals surface area contributed by atoms with Gasteiger partial charge in [0.15, 0.2) is 9.84 Å². The van der Waals surface area contributed by atoms with E-state index in [1.807, 2.05) is 12.1 Å². The molecule has 3 rings (SSSR count). The second kappa shape index (κ2) is 7.18. The minimum atomic E-state index is -3.39. The van der Waals surface area contributed by atoms with Gasteiger partial charge < -0.3 is 5.32 Å². The summed E-state index contributed by atoms with van der Waals surface area (Å²) in [5.41, 5.74) is 2.81. The molecule has 1 unspecified atom stereocenters. The molecule has 6 heteroatoms. The summed E-state index contributed by atoms with van der Waals surface area (Å²) in [4.78, 5) is 12.6. The molecular weight excluding hydrogens is 358 g/mol. The number of carbonyl (C=O) groups is 1. The Morgan fingerprint density at radius 2 is 2.00 bits per heavy atom. The van der Waals surface area contributed by atoms with Crippen molar-refractivity contribution in [2.75, 3.05) is 12.8 Å². The van der Waals surface area contributed by atoms with Crippen LogP contribution in [0, 0.1) is 0 Å². The van der Waals surface area contributed by atoms with Crippen molar-refractivity contribution in [3.63, 3.8) is 0 Å². The minimum absolute atomic E-state index is 0.0880. The van der Waals surface area contributed by atoms with Crippen LogP contribution < -0.4 is 5.32 Å². The van der Waals surface area contributed by atoms with Crippen molar-refractivity contribution < 1.29 is 13.2 Å². The fourth-order valence-corrected chi connectivity index (χ4v) is 4.14. The third-order valence-electron chi connectivity index (χ3n) is 4.61. The Hall–Kier alpha value is -1.85. The number of nitrogens with one attached hydrogen (secondary N) is 1. The second-order valence-corrected chi connectivity index (χ2v) is 8.83. The molecule has 1 aliphatic carbocycles. The van der Waals surface area contributed by atoms with Crippen molar-refractivity contribution in [1.29, 1.82) is 0 Å². The van der Waals surface area contributed by atoms with Crippen LogP contribution in [0.1, 0.15) is 40.2 Å². The van der Waals surface area contributed by atoms with Crippen molar-refractivity contribution in [3.8, 4) is 0 Å². The first-order chi connectivity index (χ1) is 11.9. The molecule has 1 N–H and O–H groups in total. The van der Waals surface area contributed by atoms with Gasteiger partial charge in [0.2, 0.25) is 0 Å². The second-order valence-electron chi connectivity index (χ2n) is 6.41. The Kier molecular flexibility index (Phi) is 5.16. The van der Waals surface area contributed by atoms with Gasteiger partial charge in [-0.05, 0) is 48.6 Å². The molecule has 0 radical (unpaired) electrons. The molecule has 2 aromatic carbocycles. The highest BCUT2D eigenvalue weighted by atomic mass is 35.5. The number of sulfone groups is 1. The monoisotopic (exact) mass is 377 g/mol. The van der Waals surface area contributed by atoms with Crippen LogP contribution >= 0.6 is 11.6 Å². The average molecular weight is 378 g/mol. The van der Waals surface area contributed by atoms with Crippen molar-refractivity contribution >= 4 is 27.3 Å². The summed E-state index contributed by atoms with van der Waals surface area (Å²) in [7, 11) is -3.39. The molecule has 0 bridgehead atoms. The van der Waals surface area contributed by atoms with Gasteiger partial charge in [-0.1, -0.05) is 35.9 Å². The standard InChI is InChI=1S/C19H20ClNO3S/c1-25(23,24)15-9-10-18(20)17(11-15)19(22)21-12-14-7-4-6-13-5-2-3-8-16(13)14/h2-3,5,8-11,14H,4,6-7,12H2,1H3,(H,21,22). The van der Waals surface area contributed by atoms with Gasteiger partial charge in [-0.25, -0.2) is 8.42 Å². The third kappa shape index (κ3) is 4.05. The topological polar surface area (TPSA) is 63.2 Å². The zero-order chi connectivity index (χ0) is 18.0. The van der Waals surface area contributed by atoms with E-state index in [9.17, 15) is 13.2 Å². The Bertz CT molecular complexity index is 909. The highest BCUT2D eigenvalue weighted by molar-refractivity contribution is 7.90. The lowest BCUT2D eigenvalue weighted by Gasteiger charge is -2.25. The summed E-state index contributed by atoms with van der Waals surface area (Å²) in [5, 5.41) is 3.16. The number of amides is 1. The smallest absolute Gasteiger partial charge is 0.252 e. The van der Waals surface area contributed by atoms with Crippen molar-refractivity contribution in [1.82, 2.24) is 5.32 Å². The van der Waals surface area contributed by atoms with Crippen LogP contribution in [-0.4, -0.2) is 27.1 Å². The van der Waals surface area contributed by atoms with Gasteiger partial charge in [0, 0.05) is 18.7 Å². The number of hydrogen-bond donors (Lipinski definition) is 1. The van der Waals surface area contributed by atoms with Crippen LogP contribution in [0.2, 0.25) is 5.02 Å². The summed E-state index contributed by atoms with van der Waals surface area (Å²) >= 11 is 6.09. The molecule has 0 saturated carbocycles. The molecule has 0 spiro atoms. The molecule has 1 aliphatic rings. The van der Waals surface area contributed by atoms with Crippen molar-refractivity contribution in [2.24, 2.45) is 0 Å². The summed E-state index contributed by atoms with van der Waals surface area (Å²) in [5.74, 6) is -0.0793. The van der Waals surface area contributed by atoms with Gasteiger partial charge in [0.25, 0.3) is 5.91 Å². The number of fused-ring (bicyclic) bond motifs is 1. The fourth-order valence-electron chi connectivity index (χ4n) is 3.29. The first kappa shape index (κ1) is 18.0. The number of benzene rings is 2. The molecule has 0 aromatic heterocycles. The fraction of sp³-hybridized carbons (Fsp3) is 0.316. The maximum absolute atomic E-state index is 12.5. The van der Waals surface area contributed by atoms with E-state index in [2.05, 4.69) is 17.4 Å². The SMILES string of the molecule is CS(=O)(=O)c1ccc(Cl)c(C(=O)NCC2CCCc3ccccc32)c1. The summed E-state index contributed by atoms with van der Waals surface area (Å²) < 4.78 is 23.4. The first-order valence-corrected chi connectivity index (χ1v) is 10.5. The molecule has 4 nitrogen and oxygen atoms in total. The zero-order valence-corrected chi connectivity index (χ0v) is 15.5. The lowest BCUT2D eigenvalue weighted by molar-refractivity contribution is 0.0950. The van der Waals surface area contributed by atoms with Gasteiger partial charge in [-0.15, -0.1) is 0 Å². The Morgan fingerprint density at radius 1 is 1.24 bits per heavy atom. The molecule has 25 heavy (non-hydrogen) atoms. The third-order valence-corrected chi connectivity index (χ3v) is 6.05. The maximum Gasteiger partial charge on any atom is 0.252 e. The molecule has 0 heterocycles. The molecule has 0 fully saturated rings. The van der Waals surface area contributed by atoms with E-state index in [1.165, 1.54) is 29.3 Å². The van der Waals surface area contributed by atoms with Gasteiger partial charge in [0.05, 0.1) is 15.5 Å². The lowest BCUT2D eigenvalue weighted by Crippen LogP contribution is -2.30. The predicted octanol–water partition coefficient (Wildman–Crippen LogP) is 3.59. The van der Waals surface area contributed by atoms with Crippen LogP contribution in [0.25, 0.3) is 0 Å². The van der Waals surface area contributed by atoms with E-state index in [-0.39, 0.29) is 27.3 Å². The molecule has 0 saturated heterocycles. The molecule has 2 aromatic rings. The summed E-state index contributed by atoms with van der Waals surface area (Å²) in [6.45, 7) is 0.509. The highest BCUT2D eigenvalue weighted by Crippen LogP contribution is 2.31. The molecule has 132 valence electrons. The van der Waals surface area contributed by atoms with Crippen molar-refractivity contribution in [3.05, 3.63) is 64.2 Å². The number of hydrogen-bond acceptors (Lipinski definition) is 3. The molecule has 1 amide bonds. The lowest BCUT2D eigenvalue weighted by atomic mass is 9.83. The van der Waals surface area contributed by atoms with E-state index in [1.54, 1.807) is 0 Å². The minimum Gasteiger partial charge on any atom is -0.351 e. The summed E-state index contributed by atoms with van der Waals surface area (Å²) in [6, 6.07) is 12.5. The van der Waals surface area contributed by atoms with E-state index in [0.29, 0.717) is 6.54 Å². The van der Waals surface area contributed by atoms with E-state index in [4.69, 9.17) is 11.6 Å². The first-order valence-electron chi connectivity index (χ1n) is 8.22. The van der Waals surface area contributed by atoms with Crippen LogP contribution in [0.4, 0.5) is 0 Å². The molecule has 1 atom stereocenters. The number of aryl methyl sites for hydroxylation is 1. The average Bonchev–Trinajstić information content (AvgIpc) is 2.59. The predicted molar refractivity (Wildman–Crippen MR) is 99.0 cm³/mol. The van der Waals surface area contributed by atoms with E-state index >= 15 is 0 Å². The molecule has 0 aliphatic heterocycles. The quantitative estimate of drug-likeness (QED) is 0.885. The summed E-state index contributed by atoms with van der Waals surface area (Å²) in [6.07, 6.45) is 4.30.